The number of aliphatic hydroxyl groups is 1. The highest BCUT2D eigenvalue weighted by molar-refractivity contribution is 6.42. The molecule has 0 radical (unpaired) electrons. The lowest BCUT2D eigenvalue weighted by Gasteiger charge is -2.45. The SMILES string of the molecule is Cc1nn(-c2ccc(Cl)c(Cl)c2)c(C)c1CC(=O)N1CC(n2cc(C(O)c3ccc(C(C)(C)C)cc3)nn2)CCC1(C)C. The molecule has 2 atom stereocenters. The third-order valence-electron chi connectivity index (χ3n) is 8.71. The summed E-state index contributed by atoms with van der Waals surface area (Å²) in [5.74, 6) is 0.0360. The average molecular weight is 624 g/mol. The van der Waals surface area contributed by atoms with Gasteiger partial charge in [0.25, 0.3) is 0 Å². The number of aromatic nitrogens is 5. The van der Waals surface area contributed by atoms with Crippen LogP contribution in [0.1, 0.15) is 93.4 Å². The molecule has 1 N–H and O–H groups in total. The smallest absolute Gasteiger partial charge is 0.227 e. The van der Waals surface area contributed by atoms with E-state index in [1.54, 1.807) is 16.8 Å². The Bertz CT molecular complexity index is 1630. The first kappa shape index (κ1) is 31.2. The van der Waals surface area contributed by atoms with Crippen molar-refractivity contribution < 1.29 is 9.90 Å². The van der Waals surface area contributed by atoms with Crippen molar-refractivity contribution in [3.05, 3.63) is 92.5 Å². The summed E-state index contributed by atoms with van der Waals surface area (Å²) in [6.07, 6.45) is 2.84. The molecule has 8 nitrogen and oxygen atoms in total. The fraction of sp³-hybridized carbons (Fsp3) is 0.455. The van der Waals surface area contributed by atoms with E-state index in [1.807, 2.05) is 60.0 Å². The molecule has 43 heavy (non-hydrogen) atoms. The topological polar surface area (TPSA) is 89.1 Å². The molecule has 2 aromatic carbocycles. The summed E-state index contributed by atoms with van der Waals surface area (Å²) < 4.78 is 3.61. The quantitative estimate of drug-likeness (QED) is 0.251. The van der Waals surface area contributed by atoms with Gasteiger partial charge in [0.05, 0.1) is 40.1 Å². The maximum Gasteiger partial charge on any atom is 0.227 e. The van der Waals surface area contributed by atoms with Crippen LogP contribution in [0, 0.1) is 13.8 Å². The second-order valence-corrected chi connectivity index (χ2v) is 14.1. The van der Waals surface area contributed by atoms with Gasteiger partial charge < -0.3 is 10.0 Å². The molecule has 0 saturated carbocycles. The minimum Gasteiger partial charge on any atom is -0.382 e. The first-order valence-electron chi connectivity index (χ1n) is 14.7. The summed E-state index contributed by atoms with van der Waals surface area (Å²) in [6, 6.07) is 13.3. The lowest BCUT2D eigenvalue weighted by molar-refractivity contribution is -0.139. The number of hydrogen-bond acceptors (Lipinski definition) is 5. The number of aliphatic hydroxyl groups excluding tert-OH is 1. The van der Waals surface area contributed by atoms with Crippen LogP contribution in [0.2, 0.25) is 10.0 Å². The van der Waals surface area contributed by atoms with Crippen LogP contribution in [-0.2, 0) is 16.6 Å². The van der Waals surface area contributed by atoms with Gasteiger partial charge in [0.2, 0.25) is 5.91 Å². The fourth-order valence-corrected chi connectivity index (χ4v) is 6.13. The van der Waals surface area contributed by atoms with E-state index in [9.17, 15) is 9.90 Å². The number of piperidine rings is 1. The molecule has 0 bridgehead atoms. The predicted octanol–water partition coefficient (Wildman–Crippen LogP) is 6.95. The lowest BCUT2D eigenvalue weighted by atomic mass is 9.86. The van der Waals surface area contributed by atoms with Gasteiger partial charge in [-0.1, -0.05) is 73.5 Å². The standard InChI is InChI=1S/C33H40Cl2N6O2/c1-20-26(21(2)41(37-20)24-12-13-27(34)28(35)16-24)17-30(42)39-18-25(14-15-33(39,6)7)40-19-29(36-38-40)31(43)22-8-10-23(11-9-22)32(3,4)5/h8-13,16,19,25,31,43H,14-15,17-18H2,1-7H3. The zero-order chi connectivity index (χ0) is 31.3. The maximum atomic E-state index is 13.9. The Balaban J connectivity index is 1.32. The molecule has 0 spiro atoms. The maximum absolute atomic E-state index is 13.9. The molecule has 3 heterocycles. The number of carbonyl (C=O) groups is 1. The molecular weight excluding hydrogens is 583 g/mol. The van der Waals surface area contributed by atoms with Crippen LogP contribution in [-0.4, -0.2) is 52.8 Å². The molecule has 228 valence electrons. The Morgan fingerprint density at radius 3 is 2.44 bits per heavy atom. The van der Waals surface area contributed by atoms with E-state index in [1.165, 1.54) is 5.56 Å². The molecule has 2 aromatic heterocycles. The Labute approximate surface area is 263 Å². The minimum atomic E-state index is -0.876. The van der Waals surface area contributed by atoms with Gasteiger partial charge in [-0.25, -0.2) is 9.36 Å². The average Bonchev–Trinajstić information content (AvgIpc) is 3.55. The summed E-state index contributed by atoms with van der Waals surface area (Å²) >= 11 is 12.4. The van der Waals surface area contributed by atoms with Gasteiger partial charge in [-0.2, -0.15) is 5.10 Å². The Kier molecular flexibility index (Phi) is 8.51. The second kappa shape index (κ2) is 11.7. The van der Waals surface area contributed by atoms with Gasteiger partial charge >= 0.3 is 0 Å². The third-order valence-corrected chi connectivity index (χ3v) is 9.45. The van der Waals surface area contributed by atoms with E-state index < -0.39 is 6.10 Å². The van der Waals surface area contributed by atoms with E-state index in [2.05, 4.69) is 44.9 Å². The molecule has 1 aliphatic rings. The van der Waals surface area contributed by atoms with Crippen molar-refractivity contribution in [3.8, 4) is 5.69 Å². The van der Waals surface area contributed by atoms with E-state index in [-0.39, 0.29) is 29.3 Å². The number of halogens is 2. The van der Waals surface area contributed by atoms with Crippen LogP contribution in [0.4, 0.5) is 0 Å². The highest BCUT2D eigenvalue weighted by Gasteiger charge is 2.39. The number of carbonyl (C=O) groups excluding carboxylic acids is 1. The van der Waals surface area contributed by atoms with Gasteiger partial charge in [0.15, 0.2) is 0 Å². The predicted molar refractivity (Wildman–Crippen MR) is 170 cm³/mol. The summed E-state index contributed by atoms with van der Waals surface area (Å²) in [4.78, 5) is 15.8. The van der Waals surface area contributed by atoms with Gasteiger partial charge in [-0.15, -0.1) is 5.10 Å². The summed E-state index contributed by atoms with van der Waals surface area (Å²) in [6.45, 7) is 15.1. The Hall–Kier alpha value is -3.20. The first-order valence-corrected chi connectivity index (χ1v) is 15.4. The van der Waals surface area contributed by atoms with Gasteiger partial charge in [-0.05, 0) is 75.3 Å². The largest absolute Gasteiger partial charge is 0.382 e. The van der Waals surface area contributed by atoms with Gasteiger partial charge in [-0.3, -0.25) is 4.79 Å². The molecule has 4 aromatic rings. The minimum absolute atomic E-state index is 0.0353. The zero-order valence-corrected chi connectivity index (χ0v) is 27.4. The van der Waals surface area contributed by atoms with Crippen LogP contribution < -0.4 is 0 Å². The van der Waals surface area contributed by atoms with Crippen molar-refractivity contribution in [2.75, 3.05) is 6.54 Å². The van der Waals surface area contributed by atoms with Gasteiger partial charge in [0, 0.05) is 23.3 Å². The second-order valence-electron chi connectivity index (χ2n) is 13.2. The molecule has 1 aliphatic heterocycles. The molecule has 1 saturated heterocycles. The molecule has 1 fully saturated rings. The number of nitrogens with zero attached hydrogens (tertiary/aromatic N) is 6. The van der Waals surface area contributed by atoms with Crippen molar-refractivity contribution in [3.63, 3.8) is 0 Å². The molecule has 0 aliphatic carbocycles. The Morgan fingerprint density at radius 2 is 1.79 bits per heavy atom. The normalized spacial score (nSPS) is 17.7. The summed E-state index contributed by atoms with van der Waals surface area (Å²) in [5, 5.41) is 25.4. The van der Waals surface area contributed by atoms with Gasteiger partial charge in [0.1, 0.15) is 11.8 Å². The van der Waals surface area contributed by atoms with Crippen LogP contribution in [0.15, 0.2) is 48.7 Å². The molecule has 2 unspecified atom stereocenters. The van der Waals surface area contributed by atoms with Crippen LogP contribution in [0.25, 0.3) is 5.69 Å². The van der Waals surface area contributed by atoms with Crippen molar-refractivity contribution in [2.45, 2.75) is 90.8 Å². The van der Waals surface area contributed by atoms with Crippen LogP contribution in [0.3, 0.4) is 0 Å². The number of likely N-dealkylation sites (tertiary alicyclic amines) is 1. The number of aryl methyl sites for hydroxylation is 1. The lowest BCUT2D eigenvalue weighted by Crippen LogP contribution is -2.54. The highest BCUT2D eigenvalue weighted by Crippen LogP contribution is 2.35. The fourth-order valence-electron chi connectivity index (χ4n) is 5.84. The van der Waals surface area contributed by atoms with E-state index in [0.717, 1.165) is 41.0 Å². The first-order chi connectivity index (χ1) is 20.2. The number of benzene rings is 2. The number of rotatable bonds is 6. The molecule has 10 heteroatoms. The van der Waals surface area contributed by atoms with E-state index in [4.69, 9.17) is 28.3 Å². The van der Waals surface area contributed by atoms with Crippen molar-refractivity contribution in [1.29, 1.82) is 0 Å². The molecule has 5 rings (SSSR count). The van der Waals surface area contributed by atoms with Crippen LogP contribution >= 0.6 is 23.2 Å². The van der Waals surface area contributed by atoms with Crippen molar-refractivity contribution in [2.24, 2.45) is 0 Å². The number of amides is 1. The summed E-state index contributed by atoms with van der Waals surface area (Å²) in [5.41, 5.74) is 5.57. The third kappa shape index (κ3) is 6.37. The van der Waals surface area contributed by atoms with Crippen molar-refractivity contribution in [1.82, 2.24) is 29.7 Å². The monoisotopic (exact) mass is 622 g/mol. The Morgan fingerprint density at radius 1 is 1.09 bits per heavy atom. The molecule has 1 amide bonds. The number of hydrogen-bond donors (Lipinski definition) is 1. The highest BCUT2D eigenvalue weighted by atomic mass is 35.5. The summed E-state index contributed by atoms with van der Waals surface area (Å²) in [7, 11) is 0. The molecular formula is C33H40Cl2N6O2. The van der Waals surface area contributed by atoms with Crippen LogP contribution in [0.5, 0.6) is 0 Å². The zero-order valence-electron chi connectivity index (χ0n) is 25.9. The van der Waals surface area contributed by atoms with E-state index in [0.29, 0.717) is 22.3 Å². The van der Waals surface area contributed by atoms with Crippen molar-refractivity contribution >= 4 is 29.1 Å². The van der Waals surface area contributed by atoms with E-state index >= 15 is 0 Å².